The summed E-state index contributed by atoms with van der Waals surface area (Å²) in [6, 6.07) is 0. The Morgan fingerprint density at radius 1 is 1.06 bits per heavy atom. The molecule has 0 N–H and O–H groups in total. The highest BCUT2D eigenvalue weighted by Crippen LogP contribution is 2.32. The van der Waals surface area contributed by atoms with Crippen molar-refractivity contribution in [3.63, 3.8) is 0 Å². The van der Waals surface area contributed by atoms with E-state index in [2.05, 4.69) is 32.2 Å². The van der Waals surface area contributed by atoms with E-state index in [1.54, 1.807) is 10.8 Å². The average molecular weight is 267 g/mol. The first-order valence-electron chi connectivity index (χ1n) is 7.57. The largest absolute Gasteiger partial charge is 0.416 e. The van der Waals surface area contributed by atoms with Crippen molar-refractivity contribution in [3.8, 4) is 0 Å². The Bertz CT molecular complexity index is 302. The Labute approximate surface area is 114 Å². The van der Waals surface area contributed by atoms with E-state index in [4.69, 9.17) is 4.43 Å². The van der Waals surface area contributed by atoms with E-state index in [0.29, 0.717) is 0 Å². The van der Waals surface area contributed by atoms with Gasteiger partial charge in [0.05, 0.1) is 0 Å². The van der Waals surface area contributed by atoms with Crippen LogP contribution in [0.3, 0.4) is 0 Å². The summed E-state index contributed by atoms with van der Waals surface area (Å²) < 4.78 is 5.74. The summed E-state index contributed by atoms with van der Waals surface area (Å²) in [6.45, 7) is 6.89. The zero-order valence-corrected chi connectivity index (χ0v) is 13.7. The molecule has 0 aromatic rings. The lowest BCUT2D eigenvalue weighted by Crippen LogP contribution is -2.32. The van der Waals surface area contributed by atoms with Gasteiger partial charge in [-0.2, -0.15) is 0 Å². The highest BCUT2D eigenvalue weighted by Gasteiger charge is 2.30. The van der Waals surface area contributed by atoms with Gasteiger partial charge in [0, 0.05) is 7.11 Å². The van der Waals surface area contributed by atoms with Gasteiger partial charge in [-0.25, -0.2) is 0 Å². The second-order valence-corrected chi connectivity index (χ2v) is 9.78. The Hall–Kier alpha value is -0.343. The summed E-state index contributed by atoms with van der Waals surface area (Å²) in [5.74, 6) is 0. The molecule has 1 aliphatic rings. The Morgan fingerprint density at radius 3 is 2.39 bits per heavy atom. The SMILES string of the molecule is CCCCCCCCC1=CCC=C1[Si](C)(C)OC. The van der Waals surface area contributed by atoms with Gasteiger partial charge in [-0.1, -0.05) is 56.8 Å². The van der Waals surface area contributed by atoms with Gasteiger partial charge in [0.25, 0.3) is 0 Å². The van der Waals surface area contributed by atoms with Gasteiger partial charge in [-0.3, -0.25) is 0 Å². The van der Waals surface area contributed by atoms with Gasteiger partial charge < -0.3 is 4.43 Å². The van der Waals surface area contributed by atoms with Crippen LogP contribution in [-0.4, -0.2) is 15.4 Å². The summed E-state index contributed by atoms with van der Waals surface area (Å²) in [5.41, 5.74) is 1.59. The van der Waals surface area contributed by atoms with Crippen LogP contribution in [0.2, 0.25) is 13.1 Å². The zero-order chi connectivity index (χ0) is 13.4. The fourth-order valence-electron chi connectivity index (χ4n) is 2.64. The van der Waals surface area contributed by atoms with Crippen molar-refractivity contribution >= 4 is 8.32 Å². The normalized spacial score (nSPS) is 15.8. The Balaban J connectivity index is 2.29. The topological polar surface area (TPSA) is 9.23 Å². The minimum atomic E-state index is -1.60. The summed E-state index contributed by atoms with van der Waals surface area (Å²) in [6.07, 6.45) is 15.5. The van der Waals surface area contributed by atoms with E-state index < -0.39 is 8.32 Å². The van der Waals surface area contributed by atoms with Crippen LogP contribution in [-0.2, 0) is 4.43 Å². The van der Waals surface area contributed by atoms with Crippen LogP contribution < -0.4 is 0 Å². The van der Waals surface area contributed by atoms with Crippen LogP contribution in [0.1, 0.15) is 58.3 Å². The fraction of sp³-hybridized carbons (Fsp3) is 0.750. The van der Waals surface area contributed by atoms with E-state index in [9.17, 15) is 0 Å². The van der Waals surface area contributed by atoms with E-state index in [1.165, 1.54) is 44.9 Å². The zero-order valence-electron chi connectivity index (χ0n) is 12.7. The molecule has 0 saturated heterocycles. The van der Waals surface area contributed by atoms with Crippen LogP contribution in [0.5, 0.6) is 0 Å². The van der Waals surface area contributed by atoms with Gasteiger partial charge in [0.2, 0.25) is 8.32 Å². The van der Waals surface area contributed by atoms with Gasteiger partial charge in [0.1, 0.15) is 0 Å². The maximum absolute atomic E-state index is 5.74. The Kier molecular flexibility index (Phi) is 6.94. The first-order valence-corrected chi connectivity index (χ1v) is 10.5. The molecule has 0 aliphatic heterocycles. The van der Waals surface area contributed by atoms with Crippen molar-refractivity contribution in [3.05, 3.63) is 22.9 Å². The summed E-state index contributed by atoms with van der Waals surface area (Å²) in [7, 11) is 0.273. The van der Waals surface area contributed by atoms with E-state index >= 15 is 0 Å². The lowest BCUT2D eigenvalue weighted by molar-refractivity contribution is 0.412. The van der Waals surface area contributed by atoms with Gasteiger partial charge in [-0.05, 0) is 37.6 Å². The molecule has 1 aliphatic carbocycles. The summed E-state index contributed by atoms with van der Waals surface area (Å²) >= 11 is 0. The predicted molar refractivity (Wildman–Crippen MR) is 83.3 cm³/mol. The molecule has 0 aromatic carbocycles. The number of unbranched alkanes of at least 4 members (excludes halogenated alkanes) is 5. The minimum Gasteiger partial charge on any atom is -0.416 e. The van der Waals surface area contributed by atoms with Crippen molar-refractivity contribution in [1.82, 2.24) is 0 Å². The quantitative estimate of drug-likeness (QED) is 0.402. The molecule has 0 aromatic heterocycles. The van der Waals surface area contributed by atoms with Crippen molar-refractivity contribution in [2.75, 3.05) is 7.11 Å². The second-order valence-electron chi connectivity index (χ2n) is 5.82. The molecule has 2 heteroatoms. The molecule has 0 radical (unpaired) electrons. The molecule has 1 nitrogen and oxygen atoms in total. The van der Waals surface area contributed by atoms with Crippen molar-refractivity contribution < 1.29 is 4.43 Å². The molecule has 0 saturated carbocycles. The Morgan fingerprint density at radius 2 is 1.72 bits per heavy atom. The van der Waals surface area contributed by atoms with Crippen molar-refractivity contribution in [2.45, 2.75) is 71.4 Å². The maximum Gasteiger partial charge on any atom is 0.217 e. The standard InChI is InChI=1S/C16H30OSi/c1-5-6-7-8-9-10-12-15-13-11-14-16(15)18(3,4)17-2/h13-14H,5-12H2,1-4H3. The monoisotopic (exact) mass is 266 g/mol. The molecular weight excluding hydrogens is 236 g/mol. The molecule has 0 fully saturated rings. The minimum absolute atomic E-state index is 1.13. The molecule has 0 atom stereocenters. The van der Waals surface area contributed by atoms with E-state index in [0.717, 1.165) is 6.42 Å². The molecule has 0 heterocycles. The lowest BCUT2D eigenvalue weighted by atomic mass is 10.1. The van der Waals surface area contributed by atoms with E-state index in [-0.39, 0.29) is 0 Å². The first kappa shape index (κ1) is 15.7. The third-order valence-corrected chi connectivity index (χ3v) is 6.83. The highest BCUT2D eigenvalue weighted by atomic mass is 28.4. The van der Waals surface area contributed by atoms with Crippen molar-refractivity contribution in [2.24, 2.45) is 0 Å². The van der Waals surface area contributed by atoms with Crippen LogP contribution >= 0.6 is 0 Å². The number of hydrogen-bond acceptors (Lipinski definition) is 1. The number of rotatable bonds is 9. The molecule has 1 rings (SSSR count). The number of hydrogen-bond donors (Lipinski definition) is 0. The molecule has 0 unspecified atom stereocenters. The van der Waals surface area contributed by atoms with Crippen LogP contribution in [0.25, 0.3) is 0 Å². The fourth-order valence-corrected chi connectivity index (χ4v) is 4.46. The first-order chi connectivity index (χ1) is 8.61. The van der Waals surface area contributed by atoms with Gasteiger partial charge in [-0.15, -0.1) is 0 Å². The third-order valence-electron chi connectivity index (χ3n) is 3.99. The predicted octanol–water partition coefficient (Wildman–Crippen LogP) is 5.38. The van der Waals surface area contributed by atoms with Gasteiger partial charge in [0.15, 0.2) is 0 Å². The molecule has 0 amide bonds. The highest BCUT2D eigenvalue weighted by molar-refractivity contribution is 6.79. The third kappa shape index (κ3) is 4.73. The molecule has 18 heavy (non-hydrogen) atoms. The molecule has 0 bridgehead atoms. The van der Waals surface area contributed by atoms with Crippen LogP contribution in [0.4, 0.5) is 0 Å². The molecule has 0 spiro atoms. The van der Waals surface area contributed by atoms with Crippen LogP contribution in [0, 0.1) is 0 Å². The maximum atomic E-state index is 5.74. The van der Waals surface area contributed by atoms with E-state index in [1.807, 2.05) is 7.11 Å². The molecular formula is C16H30OSi. The van der Waals surface area contributed by atoms with Crippen molar-refractivity contribution in [1.29, 1.82) is 0 Å². The summed E-state index contributed by atoms with van der Waals surface area (Å²) in [5, 5.41) is 1.55. The van der Waals surface area contributed by atoms with Gasteiger partial charge >= 0.3 is 0 Å². The summed E-state index contributed by atoms with van der Waals surface area (Å²) in [4.78, 5) is 0. The lowest BCUT2D eigenvalue weighted by Gasteiger charge is -2.24. The second kappa shape index (κ2) is 7.95. The molecule has 104 valence electrons. The number of allylic oxidation sites excluding steroid dienone is 4. The average Bonchev–Trinajstić information content (AvgIpc) is 2.82. The smallest absolute Gasteiger partial charge is 0.217 e. The van der Waals surface area contributed by atoms with Crippen LogP contribution in [0.15, 0.2) is 22.9 Å².